The monoisotopic (exact) mass is 329 g/mol. The number of carbonyl (C=O) groups is 1. The van der Waals surface area contributed by atoms with Crippen LogP contribution in [0.3, 0.4) is 0 Å². The minimum absolute atomic E-state index is 0.0759. The largest absolute Gasteiger partial charge is 0.494 e. The Kier molecular flexibility index (Phi) is 6.24. The van der Waals surface area contributed by atoms with Gasteiger partial charge in [0.2, 0.25) is 5.91 Å². The normalized spacial score (nSPS) is 12.1. The fourth-order valence-corrected chi connectivity index (χ4v) is 2.24. The molecule has 0 saturated carbocycles. The number of hydrogen-bond donors (Lipinski definition) is 1. The van der Waals surface area contributed by atoms with Crippen LogP contribution in [0.2, 0.25) is 5.02 Å². The van der Waals surface area contributed by atoms with Crippen molar-refractivity contribution in [2.45, 2.75) is 19.9 Å². The van der Waals surface area contributed by atoms with Gasteiger partial charge in [-0.15, -0.1) is 0 Å². The number of benzene rings is 2. The van der Waals surface area contributed by atoms with Crippen LogP contribution in [0.25, 0.3) is 6.08 Å². The SMILES string of the molecule is CCOc1ccc(C(C)NC(=O)/C=C/c2ccc(Cl)cc2)cc1. The maximum Gasteiger partial charge on any atom is 0.244 e. The number of nitrogens with one attached hydrogen (secondary N) is 1. The van der Waals surface area contributed by atoms with Gasteiger partial charge in [-0.3, -0.25) is 4.79 Å². The van der Waals surface area contributed by atoms with E-state index in [1.54, 1.807) is 18.2 Å². The van der Waals surface area contributed by atoms with E-state index in [-0.39, 0.29) is 11.9 Å². The smallest absolute Gasteiger partial charge is 0.244 e. The van der Waals surface area contributed by atoms with Crippen LogP contribution in [0.4, 0.5) is 0 Å². The lowest BCUT2D eigenvalue weighted by atomic mass is 10.1. The van der Waals surface area contributed by atoms with E-state index in [2.05, 4.69) is 5.32 Å². The molecule has 0 radical (unpaired) electrons. The van der Waals surface area contributed by atoms with Crippen molar-refractivity contribution < 1.29 is 9.53 Å². The average Bonchev–Trinajstić information content (AvgIpc) is 2.55. The van der Waals surface area contributed by atoms with Gasteiger partial charge in [0.1, 0.15) is 5.75 Å². The molecule has 2 aromatic rings. The second kappa shape index (κ2) is 8.39. The van der Waals surface area contributed by atoms with E-state index in [0.717, 1.165) is 16.9 Å². The Labute approximate surface area is 141 Å². The van der Waals surface area contributed by atoms with Gasteiger partial charge in [0.25, 0.3) is 0 Å². The van der Waals surface area contributed by atoms with Gasteiger partial charge in [-0.2, -0.15) is 0 Å². The summed E-state index contributed by atoms with van der Waals surface area (Å²) in [6, 6.07) is 15.0. The molecule has 1 unspecified atom stereocenters. The Balaban J connectivity index is 1.92. The fraction of sp³-hybridized carbons (Fsp3) is 0.211. The summed E-state index contributed by atoms with van der Waals surface area (Å²) in [5.74, 6) is 0.693. The van der Waals surface area contributed by atoms with E-state index in [1.165, 1.54) is 6.08 Å². The first-order valence-corrected chi connectivity index (χ1v) is 7.93. The average molecular weight is 330 g/mol. The molecule has 0 aliphatic carbocycles. The predicted molar refractivity (Wildman–Crippen MR) is 94.7 cm³/mol. The summed E-state index contributed by atoms with van der Waals surface area (Å²) in [4.78, 5) is 12.0. The number of ether oxygens (including phenoxy) is 1. The Morgan fingerprint density at radius 1 is 1.17 bits per heavy atom. The van der Waals surface area contributed by atoms with Crippen LogP contribution in [-0.4, -0.2) is 12.5 Å². The van der Waals surface area contributed by atoms with Crippen molar-refractivity contribution in [3.05, 3.63) is 70.8 Å². The molecule has 0 bridgehead atoms. The maximum absolute atomic E-state index is 12.0. The Morgan fingerprint density at radius 2 is 1.83 bits per heavy atom. The van der Waals surface area contributed by atoms with E-state index in [9.17, 15) is 4.79 Å². The summed E-state index contributed by atoms with van der Waals surface area (Å²) in [5.41, 5.74) is 1.96. The summed E-state index contributed by atoms with van der Waals surface area (Å²) < 4.78 is 5.41. The van der Waals surface area contributed by atoms with Crippen molar-refractivity contribution >= 4 is 23.6 Å². The van der Waals surface area contributed by atoms with Gasteiger partial charge < -0.3 is 10.1 Å². The van der Waals surface area contributed by atoms with Gasteiger partial charge in [0.15, 0.2) is 0 Å². The van der Waals surface area contributed by atoms with Crippen LogP contribution in [0.5, 0.6) is 5.75 Å². The lowest BCUT2D eigenvalue weighted by Gasteiger charge is -2.13. The van der Waals surface area contributed by atoms with Gasteiger partial charge in [-0.1, -0.05) is 35.9 Å². The van der Waals surface area contributed by atoms with Crippen LogP contribution in [0.15, 0.2) is 54.6 Å². The lowest BCUT2D eigenvalue weighted by molar-refractivity contribution is -0.117. The molecular formula is C19H20ClNO2. The highest BCUT2D eigenvalue weighted by Crippen LogP contribution is 2.17. The van der Waals surface area contributed by atoms with Crippen molar-refractivity contribution in [2.24, 2.45) is 0 Å². The molecule has 2 rings (SSSR count). The maximum atomic E-state index is 12.0. The molecule has 1 N–H and O–H groups in total. The molecule has 3 nitrogen and oxygen atoms in total. The summed E-state index contributed by atoms with van der Waals surface area (Å²) in [6.07, 6.45) is 3.28. The van der Waals surface area contributed by atoms with Gasteiger partial charge in [0, 0.05) is 11.1 Å². The van der Waals surface area contributed by atoms with Crippen molar-refractivity contribution in [3.63, 3.8) is 0 Å². The second-order valence-electron chi connectivity index (χ2n) is 5.12. The third-order valence-corrected chi connectivity index (χ3v) is 3.60. The molecule has 0 spiro atoms. The first-order valence-electron chi connectivity index (χ1n) is 7.55. The highest BCUT2D eigenvalue weighted by molar-refractivity contribution is 6.30. The van der Waals surface area contributed by atoms with Gasteiger partial charge in [0.05, 0.1) is 12.6 Å². The highest BCUT2D eigenvalue weighted by atomic mass is 35.5. The van der Waals surface area contributed by atoms with Crippen LogP contribution in [0.1, 0.15) is 31.0 Å². The van der Waals surface area contributed by atoms with Crippen molar-refractivity contribution in [2.75, 3.05) is 6.61 Å². The predicted octanol–water partition coefficient (Wildman–Crippen LogP) is 4.63. The first-order chi connectivity index (χ1) is 11.1. The third-order valence-electron chi connectivity index (χ3n) is 3.35. The third kappa shape index (κ3) is 5.46. The minimum Gasteiger partial charge on any atom is -0.494 e. The zero-order valence-electron chi connectivity index (χ0n) is 13.3. The zero-order valence-corrected chi connectivity index (χ0v) is 14.0. The van der Waals surface area contributed by atoms with Crippen molar-refractivity contribution in [1.82, 2.24) is 5.32 Å². The number of rotatable bonds is 6. The topological polar surface area (TPSA) is 38.3 Å². The Bertz CT molecular complexity index is 663. The Morgan fingerprint density at radius 3 is 2.43 bits per heavy atom. The molecule has 23 heavy (non-hydrogen) atoms. The molecule has 1 atom stereocenters. The zero-order chi connectivity index (χ0) is 16.7. The van der Waals surface area contributed by atoms with E-state index < -0.39 is 0 Å². The summed E-state index contributed by atoms with van der Waals surface area (Å²) >= 11 is 5.83. The minimum atomic E-state index is -0.138. The van der Waals surface area contributed by atoms with Crippen LogP contribution < -0.4 is 10.1 Å². The molecule has 0 heterocycles. The van der Waals surface area contributed by atoms with Crippen LogP contribution in [-0.2, 0) is 4.79 Å². The number of amides is 1. The van der Waals surface area contributed by atoms with E-state index in [4.69, 9.17) is 16.3 Å². The highest BCUT2D eigenvalue weighted by Gasteiger charge is 2.07. The second-order valence-corrected chi connectivity index (χ2v) is 5.55. The quantitative estimate of drug-likeness (QED) is 0.785. The molecule has 0 aromatic heterocycles. The summed E-state index contributed by atoms with van der Waals surface area (Å²) in [5, 5.41) is 3.61. The molecule has 0 aliphatic rings. The van der Waals surface area contributed by atoms with Gasteiger partial charge >= 0.3 is 0 Å². The first kappa shape index (κ1) is 17.1. The van der Waals surface area contributed by atoms with E-state index in [0.29, 0.717) is 11.6 Å². The number of carbonyl (C=O) groups excluding carboxylic acids is 1. The van der Waals surface area contributed by atoms with Gasteiger partial charge in [-0.25, -0.2) is 0 Å². The molecule has 0 fully saturated rings. The van der Waals surface area contributed by atoms with Crippen molar-refractivity contribution in [3.8, 4) is 5.75 Å². The molecule has 4 heteroatoms. The molecule has 120 valence electrons. The summed E-state index contributed by atoms with van der Waals surface area (Å²) in [6.45, 7) is 4.54. The number of halogens is 1. The lowest BCUT2D eigenvalue weighted by Crippen LogP contribution is -2.24. The fourth-order valence-electron chi connectivity index (χ4n) is 2.11. The molecule has 2 aromatic carbocycles. The van der Waals surface area contributed by atoms with E-state index in [1.807, 2.05) is 50.2 Å². The molecular weight excluding hydrogens is 310 g/mol. The standard InChI is InChI=1S/C19H20ClNO2/c1-3-23-18-11-7-16(8-12-18)14(2)21-19(22)13-6-15-4-9-17(20)10-5-15/h4-14H,3H2,1-2H3,(H,21,22)/b13-6+. The number of hydrogen-bond acceptors (Lipinski definition) is 2. The summed E-state index contributed by atoms with van der Waals surface area (Å²) in [7, 11) is 0. The van der Waals surface area contributed by atoms with Crippen LogP contribution >= 0.6 is 11.6 Å². The molecule has 0 saturated heterocycles. The van der Waals surface area contributed by atoms with Crippen LogP contribution in [0, 0.1) is 0 Å². The van der Waals surface area contributed by atoms with Gasteiger partial charge in [-0.05, 0) is 55.3 Å². The Hall–Kier alpha value is -2.26. The van der Waals surface area contributed by atoms with Crippen molar-refractivity contribution in [1.29, 1.82) is 0 Å². The molecule has 0 aliphatic heterocycles. The van der Waals surface area contributed by atoms with E-state index >= 15 is 0 Å². The molecule has 1 amide bonds.